The van der Waals surface area contributed by atoms with Crippen LogP contribution in [-0.4, -0.2) is 11.1 Å². The third-order valence-corrected chi connectivity index (χ3v) is 3.09. The monoisotopic (exact) mass is 255 g/mol. The van der Waals surface area contributed by atoms with Crippen LogP contribution in [0.5, 0.6) is 0 Å². The van der Waals surface area contributed by atoms with E-state index in [1.54, 1.807) is 12.1 Å². The van der Waals surface area contributed by atoms with E-state index in [2.05, 4.69) is 5.32 Å². The first kappa shape index (κ1) is 13.1. The Kier molecular flexibility index (Phi) is 3.85. The molecule has 3 nitrogen and oxygen atoms in total. The number of anilines is 1. The quantitative estimate of drug-likeness (QED) is 0.877. The van der Waals surface area contributed by atoms with Crippen LogP contribution in [0.4, 0.5) is 5.69 Å². The Labute approximate surface area is 112 Å². The topological polar surface area (TPSA) is 49.3 Å². The summed E-state index contributed by atoms with van der Waals surface area (Å²) in [5, 5.41) is 12.4. The lowest BCUT2D eigenvalue weighted by Crippen LogP contribution is -2.08. The highest BCUT2D eigenvalue weighted by atomic mass is 16.4. The molecule has 98 valence electrons. The summed E-state index contributed by atoms with van der Waals surface area (Å²) in [6, 6.07) is 13.5. The molecule has 0 spiro atoms. The van der Waals surface area contributed by atoms with Gasteiger partial charge in [-0.15, -0.1) is 0 Å². The summed E-state index contributed by atoms with van der Waals surface area (Å²) in [7, 11) is 0. The largest absolute Gasteiger partial charge is 0.478 e. The number of benzene rings is 2. The Morgan fingerprint density at radius 2 is 1.79 bits per heavy atom. The molecule has 0 amide bonds. The first-order valence-corrected chi connectivity index (χ1v) is 6.20. The van der Waals surface area contributed by atoms with Gasteiger partial charge >= 0.3 is 5.97 Å². The van der Waals surface area contributed by atoms with E-state index in [0.29, 0.717) is 17.8 Å². The Morgan fingerprint density at radius 1 is 1.11 bits per heavy atom. The van der Waals surface area contributed by atoms with Gasteiger partial charge in [-0.3, -0.25) is 0 Å². The van der Waals surface area contributed by atoms with Gasteiger partial charge in [-0.05, 0) is 31.0 Å². The molecule has 0 radical (unpaired) electrons. The summed E-state index contributed by atoms with van der Waals surface area (Å²) in [6.45, 7) is 4.57. The second kappa shape index (κ2) is 5.57. The van der Waals surface area contributed by atoms with Gasteiger partial charge in [-0.2, -0.15) is 0 Å². The van der Waals surface area contributed by atoms with Crippen LogP contribution in [0.25, 0.3) is 0 Å². The number of hydrogen-bond acceptors (Lipinski definition) is 2. The molecule has 0 unspecified atom stereocenters. The number of aryl methyl sites for hydroxylation is 2. The highest BCUT2D eigenvalue weighted by molar-refractivity contribution is 5.95. The lowest BCUT2D eigenvalue weighted by atomic mass is 10.1. The van der Waals surface area contributed by atoms with E-state index in [-0.39, 0.29) is 0 Å². The number of carboxylic acid groups (broad SMARTS) is 1. The molecule has 0 bridgehead atoms. The van der Waals surface area contributed by atoms with Gasteiger partial charge in [0.1, 0.15) is 0 Å². The highest BCUT2D eigenvalue weighted by Crippen LogP contribution is 2.21. The second-order valence-electron chi connectivity index (χ2n) is 4.64. The van der Waals surface area contributed by atoms with Crippen LogP contribution in [-0.2, 0) is 6.54 Å². The van der Waals surface area contributed by atoms with Crippen molar-refractivity contribution in [2.24, 2.45) is 0 Å². The SMILES string of the molecule is Cc1ccc(CNc2c(C)cccc2C(=O)O)cc1. The van der Waals surface area contributed by atoms with Crippen molar-refractivity contribution in [2.75, 3.05) is 5.32 Å². The maximum Gasteiger partial charge on any atom is 0.337 e. The van der Waals surface area contributed by atoms with Crippen LogP contribution in [0.3, 0.4) is 0 Å². The van der Waals surface area contributed by atoms with Gasteiger partial charge in [-0.25, -0.2) is 4.79 Å². The van der Waals surface area contributed by atoms with Crippen molar-refractivity contribution in [1.29, 1.82) is 0 Å². The predicted molar refractivity (Wildman–Crippen MR) is 76.6 cm³/mol. The molecule has 0 aromatic heterocycles. The van der Waals surface area contributed by atoms with Crippen molar-refractivity contribution in [3.63, 3.8) is 0 Å². The Bertz CT molecular complexity index is 588. The fourth-order valence-corrected chi connectivity index (χ4v) is 1.98. The molecule has 0 aliphatic rings. The molecule has 19 heavy (non-hydrogen) atoms. The number of para-hydroxylation sites is 1. The van der Waals surface area contributed by atoms with Crippen LogP contribution < -0.4 is 5.32 Å². The highest BCUT2D eigenvalue weighted by Gasteiger charge is 2.11. The summed E-state index contributed by atoms with van der Waals surface area (Å²) in [4.78, 5) is 11.2. The molecule has 0 saturated carbocycles. The van der Waals surface area contributed by atoms with Crippen LogP contribution in [0.2, 0.25) is 0 Å². The maximum atomic E-state index is 11.2. The number of hydrogen-bond donors (Lipinski definition) is 2. The third-order valence-electron chi connectivity index (χ3n) is 3.09. The van der Waals surface area contributed by atoms with Crippen molar-refractivity contribution >= 4 is 11.7 Å². The minimum absolute atomic E-state index is 0.312. The van der Waals surface area contributed by atoms with Gasteiger partial charge < -0.3 is 10.4 Å². The van der Waals surface area contributed by atoms with Gasteiger partial charge in [0, 0.05) is 6.54 Å². The third kappa shape index (κ3) is 3.13. The van der Waals surface area contributed by atoms with Crippen LogP contribution >= 0.6 is 0 Å². The minimum atomic E-state index is -0.907. The molecule has 0 heterocycles. The van der Waals surface area contributed by atoms with Crippen LogP contribution in [0.15, 0.2) is 42.5 Å². The molecule has 0 aliphatic carbocycles. The maximum absolute atomic E-state index is 11.2. The molecule has 0 aliphatic heterocycles. The number of aromatic carboxylic acids is 1. The van der Waals surface area contributed by atoms with Crippen molar-refractivity contribution in [1.82, 2.24) is 0 Å². The fraction of sp³-hybridized carbons (Fsp3) is 0.188. The number of carboxylic acids is 1. The average Bonchev–Trinajstić information content (AvgIpc) is 2.39. The van der Waals surface area contributed by atoms with Crippen molar-refractivity contribution in [3.05, 3.63) is 64.7 Å². The minimum Gasteiger partial charge on any atom is -0.478 e. The predicted octanol–water partition coefficient (Wildman–Crippen LogP) is 3.61. The van der Waals surface area contributed by atoms with Gasteiger partial charge in [0.2, 0.25) is 0 Å². The van der Waals surface area contributed by atoms with Gasteiger partial charge in [0.05, 0.1) is 11.3 Å². The zero-order valence-electron chi connectivity index (χ0n) is 11.1. The summed E-state index contributed by atoms with van der Waals surface area (Å²) < 4.78 is 0. The molecule has 0 saturated heterocycles. The fourth-order valence-electron chi connectivity index (χ4n) is 1.98. The molecular weight excluding hydrogens is 238 g/mol. The Balaban J connectivity index is 2.19. The van der Waals surface area contributed by atoms with E-state index < -0.39 is 5.97 Å². The van der Waals surface area contributed by atoms with E-state index in [1.165, 1.54) is 5.56 Å². The molecule has 2 aromatic carbocycles. The van der Waals surface area contributed by atoms with Crippen LogP contribution in [0, 0.1) is 13.8 Å². The van der Waals surface area contributed by atoms with Crippen LogP contribution in [0.1, 0.15) is 27.0 Å². The summed E-state index contributed by atoms with van der Waals surface area (Å²) >= 11 is 0. The summed E-state index contributed by atoms with van der Waals surface area (Å²) in [5.74, 6) is -0.907. The zero-order valence-corrected chi connectivity index (χ0v) is 11.1. The molecule has 3 heteroatoms. The molecule has 0 fully saturated rings. The van der Waals surface area contributed by atoms with Gasteiger partial charge in [0.15, 0.2) is 0 Å². The molecule has 0 atom stereocenters. The lowest BCUT2D eigenvalue weighted by Gasteiger charge is -2.12. The molecular formula is C16H17NO2. The number of nitrogens with one attached hydrogen (secondary N) is 1. The lowest BCUT2D eigenvalue weighted by molar-refractivity contribution is 0.0698. The van der Waals surface area contributed by atoms with E-state index in [1.807, 2.05) is 44.2 Å². The summed E-state index contributed by atoms with van der Waals surface area (Å²) in [5.41, 5.74) is 4.28. The zero-order chi connectivity index (χ0) is 13.8. The normalized spacial score (nSPS) is 10.2. The van der Waals surface area contributed by atoms with Gasteiger partial charge in [0.25, 0.3) is 0 Å². The van der Waals surface area contributed by atoms with Crippen molar-refractivity contribution < 1.29 is 9.90 Å². The smallest absolute Gasteiger partial charge is 0.337 e. The Morgan fingerprint density at radius 3 is 2.42 bits per heavy atom. The second-order valence-corrected chi connectivity index (χ2v) is 4.64. The molecule has 2 aromatic rings. The van der Waals surface area contributed by atoms with Gasteiger partial charge in [-0.1, -0.05) is 42.0 Å². The van der Waals surface area contributed by atoms with E-state index in [4.69, 9.17) is 0 Å². The average molecular weight is 255 g/mol. The summed E-state index contributed by atoms with van der Waals surface area (Å²) in [6.07, 6.45) is 0. The Hall–Kier alpha value is -2.29. The van der Waals surface area contributed by atoms with E-state index >= 15 is 0 Å². The number of carbonyl (C=O) groups is 1. The van der Waals surface area contributed by atoms with Crippen molar-refractivity contribution in [3.8, 4) is 0 Å². The van der Waals surface area contributed by atoms with E-state index in [9.17, 15) is 9.90 Å². The van der Waals surface area contributed by atoms with E-state index in [0.717, 1.165) is 11.1 Å². The first-order valence-electron chi connectivity index (χ1n) is 6.20. The van der Waals surface area contributed by atoms with Crippen molar-refractivity contribution in [2.45, 2.75) is 20.4 Å². The number of rotatable bonds is 4. The standard InChI is InChI=1S/C16H17NO2/c1-11-6-8-13(9-7-11)10-17-15-12(2)4-3-5-14(15)16(18)19/h3-9,17H,10H2,1-2H3,(H,18,19). The molecule has 2 N–H and O–H groups in total. The first-order chi connectivity index (χ1) is 9.08. The molecule has 2 rings (SSSR count).